The Balaban J connectivity index is 1.50. The number of fused-ring (bicyclic) bond motifs is 1. The number of rotatable bonds is 13. The highest BCUT2D eigenvalue weighted by atomic mass is 16.5. The van der Waals surface area contributed by atoms with E-state index in [2.05, 4.69) is 11.1 Å². The maximum Gasteiger partial charge on any atom is 0.242 e. The lowest BCUT2D eigenvalue weighted by Gasteiger charge is -2.28. The van der Waals surface area contributed by atoms with Crippen LogP contribution in [0.2, 0.25) is 0 Å². The van der Waals surface area contributed by atoms with E-state index in [1.54, 1.807) is 19.1 Å². The van der Waals surface area contributed by atoms with E-state index >= 15 is 0 Å². The predicted molar refractivity (Wildman–Crippen MR) is 149 cm³/mol. The van der Waals surface area contributed by atoms with Crippen LogP contribution in [0.5, 0.6) is 5.75 Å². The normalized spacial score (nSPS) is 10.9. The molecule has 4 rings (SSSR count). The van der Waals surface area contributed by atoms with Crippen molar-refractivity contribution < 1.29 is 19.1 Å². The van der Waals surface area contributed by atoms with Crippen LogP contribution in [0.3, 0.4) is 0 Å². The van der Waals surface area contributed by atoms with Gasteiger partial charge in [0.25, 0.3) is 0 Å². The van der Waals surface area contributed by atoms with Gasteiger partial charge in [-0.25, -0.2) is 0 Å². The standard InChI is InChI=1S/C31H35N3O4/c1-37-19-18-34(30(35)20-24-8-4-3-5-9-24)23-31(36)33(22-25-12-14-27(38-2)15-13-25)17-16-26-21-32-29-11-7-6-10-28(26)29/h3-15,21,32H,16-20,22-23H2,1-2H3. The number of amides is 2. The van der Waals surface area contributed by atoms with Gasteiger partial charge < -0.3 is 24.3 Å². The summed E-state index contributed by atoms with van der Waals surface area (Å²) in [6, 6.07) is 25.5. The predicted octanol–water partition coefficient (Wildman–Crippen LogP) is 4.47. The lowest BCUT2D eigenvalue weighted by Crippen LogP contribution is -2.45. The molecule has 0 aliphatic rings. The zero-order valence-electron chi connectivity index (χ0n) is 22.1. The molecule has 0 atom stereocenters. The van der Waals surface area contributed by atoms with E-state index in [0.29, 0.717) is 32.7 Å². The molecule has 2 amide bonds. The number of nitrogens with zero attached hydrogens (tertiary/aromatic N) is 2. The molecule has 0 radical (unpaired) electrons. The van der Waals surface area contributed by atoms with Gasteiger partial charge in [-0.2, -0.15) is 0 Å². The lowest BCUT2D eigenvalue weighted by molar-refractivity contribution is -0.141. The van der Waals surface area contributed by atoms with Gasteiger partial charge in [-0.15, -0.1) is 0 Å². The van der Waals surface area contributed by atoms with Gasteiger partial charge >= 0.3 is 0 Å². The SMILES string of the molecule is COCCN(CC(=O)N(CCc1c[nH]c2ccccc12)Cc1ccc(OC)cc1)C(=O)Cc1ccccc1. The highest BCUT2D eigenvalue weighted by molar-refractivity contribution is 5.86. The number of ether oxygens (including phenoxy) is 2. The average molecular weight is 514 g/mol. The fourth-order valence-corrected chi connectivity index (χ4v) is 4.48. The zero-order valence-corrected chi connectivity index (χ0v) is 22.1. The van der Waals surface area contributed by atoms with E-state index in [1.807, 2.05) is 83.9 Å². The Labute approximate surface area is 224 Å². The molecule has 0 bridgehead atoms. The minimum absolute atomic E-state index is 0.000926. The number of methoxy groups -OCH3 is 2. The number of H-pyrrole nitrogens is 1. The first-order valence-electron chi connectivity index (χ1n) is 12.8. The van der Waals surface area contributed by atoms with Crippen LogP contribution in [-0.4, -0.2) is 67.1 Å². The molecule has 0 fully saturated rings. The van der Waals surface area contributed by atoms with Crippen molar-refractivity contribution in [2.45, 2.75) is 19.4 Å². The minimum Gasteiger partial charge on any atom is -0.497 e. The van der Waals surface area contributed by atoms with Crippen LogP contribution in [0.15, 0.2) is 85.1 Å². The Hall–Kier alpha value is -4.10. The molecule has 7 nitrogen and oxygen atoms in total. The quantitative estimate of drug-likeness (QED) is 0.286. The number of benzene rings is 3. The molecule has 0 saturated heterocycles. The Morgan fingerprint density at radius 2 is 1.53 bits per heavy atom. The molecule has 38 heavy (non-hydrogen) atoms. The van der Waals surface area contributed by atoms with Crippen LogP contribution >= 0.6 is 0 Å². The summed E-state index contributed by atoms with van der Waals surface area (Å²) in [6.07, 6.45) is 2.95. The Morgan fingerprint density at radius 1 is 0.789 bits per heavy atom. The van der Waals surface area contributed by atoms with Gasteiger partial charge in [0.1, 0.15) is 5.75 Å². The molecule has 0 unspecified atom stereocenters. The lowest BCUT2D eigenvalue weighted by atomic mass is 10.1. The van der Waals surface area contributed by atoms with E-state index in [-0.39, 0.29) is 24.8 Å². The van der Waals surface area contributed by atoms with E-state index < -0.39 is 0 Å². The second kappa shape index (κ2) is 13.4. The number of carbonyl (C=O) groups excluding carboxylic acids is 2. The Kier molecular flexibility index (Phi) is 9.54. The van der Waals surface area contributed by atoms with Gasteiger partial charge in [0, 0.05) is 43.8 Å². The van der Waals surface area contributed by atoms with Crippen molar-refractivity contribution in [1.29, 1.82) is 0 Å². The van der Waals surface area contributed by atoms with E-state index in [4.69, 9.17) is 9.47 Å². The molecule has 3 aromatic carbocycles. The van der Waals surface area contributed by atoms with Crippen LogP contribution in [0.25, 0.3) is 10.9 Å². The number of aromatic amines is 1. The smallest absolute Gasteiger partial charge is 0.242 e. The first kappa shape index (κ1) is 26.9. The van der Waals surface area contributed by atoms with Gasteiger partial charge in [-0.05, 0) is 41.3 Å². The molecule has 1 N–H and O–H groups in total. The third kappa shape index (κ3) is 7.23. The van der Waals surface area contributed by atoms with Gasteiger partial charge in [0.05, 0.1) is 26.7 Å². The van der Waals surface area contributed by atoms with Crippen molar-refractivity contribution in [1.82, 2.24) is 14.8 Å². The van der Waals surface area contributed by atoms with Crippen LogP contribution in [0.1, 0.15) is 16.7 Å². The van der Waals surface area contributed by atoms with Gasteiger partial charge in [-0.1, -0.05) is 60.7 Å². The first-order valence-corrected chi connectivity index (χ1v) is 12.8. The Morgan fingerprint density at radius 3 is 2.26 bits per heavy atom. The van der Waals surface area contributed by atoms with Crippen molar-refractivity contribution in [2.75, 3.05) is 40.5 Å². The van der Waals surface area contributed by atoms with Crippen molar-refractivity contribution in [3.05, 3.63) is 102 Å². The maximum atomic E-state index is 13.7. The van der Waals surface area contributed by atoms with Crippen LogP contribution in [0, 0.1) is 0 Å². The Bertz CT molecular complexity index is 1320. The summed E-state index contributed by atoms with van der Waals surface area (Å²) in [5, 5.41) is 1.16. The van der Waals surface area contributed by atoms with E-state index in [1.165, 1.54) is 0 Å². The largest absolute Gasteiger partial charge is 0.497 e. The molecular weight excluding hydrogens is 478 g/mol. The fourth-order valence-electron chi connectivity index (χ4n) is 4.48. The highest BCUT2D eigenvalue weighted by Crippen LogP contribution is 2.19. The number of carbonyl (C=O) groups is 2. The topological polar surface area (TPSA) is 74.9 Å². The maximum absolute atomic E-state index is 13.7. The molecule has 1 aromatic heterocycles. The highest BCUT2D eigenvalue weighted by Gasteiger charge is 2.22. The second-order valence-corrected chi connectivity index (χ2v) is 9.24. The minimum atomic E-state index is -0.0989. The monoisotopic (exact) mass is 513 g/mol. The van der Waals surface area contributed by atoms with Crippen LogP contribution in [-0.2, 0) is 33.7 Å². The number of hydrogen-bond acceptors (Lipinski definition) is 4. The van der Waals surface area contributed by atoms with Crippen molar-refractivity contribution in [2.24, 2.45) is 0 Å². The average Bonchev–Trinajstić information content (AvgIpc) is 3.37. The molecule has 0 saturated carbocycles. The molecule has 4 aromatic rings. The molecule has 1 heterocycles. The third-order valence-corrected chi connectivity index (χ3v) is 6.65. The molecule has 198 valence electrons. The summed E-state index contributed by atoms with van der Waals surface area (Å²) in [6.45, 7) is 1.68. The number of para-hydroxylation sites is 1. The molecule has 0 aliphatic carbocycles. The summed E-state index contributed by atoms with van der Waals surface area (Å²) >= 11 is 0. The summed E-state index contributed by atoms with van der Waals surface area (Å²) in [4.78, 5) is 33.6. The van der Waals surface area contributed by atoms with Crippen LogP contribution in [0.4, 0.5) is 0 Å². The van der Waals surface area contributed by atoms with Gasteiger partial charge in [-0.3, -0.25) is 9.59 Å². The van der Waals surface area contributed by atoms with Crippen molar-refractivity contribution in [3.8, 4) is 5.75 Å². The summed E-state index contributed by atoms with van der Waals surface area (Å²) in [7, 11) is 3.23. The van der Waals surface area contributed by atoms with Gasteiger partial charge in [0.15, 0.2) is 0 Å². The first-order chi connectivity index (χ1) is 18.6. The van der Waals surface area contributed by atoms with Crippen LogP contribution < -0.4 is 4.74 Å². The fraction of sp³-hybridized carbons (Fsp3) is 0.290. The zero-order chi connectivity index (χ0) is 26.7. The van der Waals surface area contributed by atoms with Gasteiger partial charge in [0.2, 0.25) is 11.8 Å². The molecular formula is C31H35N3O4. The van der Waals surface area contributed by atoms with E-state index in [9.17, 15) is 9.59 Å². The molecule has 0 spiro atoms. The third-order valence-electron chi connectivity index (χ3n) is 6.65. The molecule has 0 aliphatic heterocycles. The summed E-state index contributed by atoms with van der Waals surface area (Å²) in [5.41, 5.74) is 4.15. The summed E-state index contributed by atoms with van der Waals surface area (Å²) in [5.74, 6) is 0.573. The van der Waals surface area contributed by atoms with Crippen molar-refractivity contribution >= 4 is 22.7 Å². The van der Waals surface area contributed by atoms with E-state index in [0.717, 1.165) is 33.3 Å². The second-order valence-electron chi connectivity index (χ2n) is 9.24. The number of nitrogens with one attached hydrogen (secondary N) is 1. The molecule has 7 heteroatoms. The summed E-state index contributed by atoms with van der Waals surface area (Å²) < 4.78 is 10.5. The van der Waals surface area contributed by atoms with Crippen molar-refractivity contribution in [3.63, 3.8) is 0 Å². The number of aromatic nitrogens is 1. The number of hydrogen-bond donors (Lipinski definition) is 1.